The molecule has 0 radical (unpaired) electrons. The van der Waals surface area contributed by atoms with E-state index < -0.39 is 9.84 Å². The number of sulfone groups is 1. The van der Waals surface area contributed by atoms with Crippen LogP contribution in [0.1, 0.15) is 31.4 Å². The molecule has 4 nitrogen and oxygen atoms in total. The van der Waals surface area contributed by atoms with Gasteiger partial charge in [0.15, 0.2) is 9.84 Å². The highest BCUT2D eigenvalue weighted by Crippen LogP contribution is 2.22. The summed E-state index contributed by atoms with van der Waals surface area (Å²) in [6, 6.07) is 9.67. The van der Waals surface area contributed by atoms with Crippen LogP contribution in [0.4, 0.5) is 0 Å². The second kappa shape index (κ2) is 5.74. The lowest BCUT2D eigenvalue weighted by Crippen LogP contribution is -2.28. The SMILES string of the molecule is CC(NC(=O)CC1CCS(=O)(=O)C1)c1ccccc1. The summed E-state index contributed by atoms with van der Waals surface area (Å²) >= 11 is 0. The summed E-state index contributed by atoms with van der Waals surface area (Å²) in [6.45, 7) is 1.93. The molecule has 0 spiro atoms. The van der Waals surface area contributed by atoms with Gasteiger partial charge in [0.25, 0.3) is 0 Å². The summed E-state index contributed by atoms with van der Waals surface area (Å²) in [7, 11) is -2.90. The molecule has 0 bridgehead atoms. The van der Waals surface area contributed by atoms with Gasteiger partial charge in [-0.15, -0.1) is 0 Å². The topological polar surface area (TPSA) is 63.2 Å². The molecular weight excluding hydrogens is 262 g/mol. The Morgan fingerprint density at radius 1 is 1.37 bits per heavy atom. The van der Waals surface area contributed by atoms with Crippen LogP contribution in [0.3, 0.4) is 0 Å². The second-order valence-corrected chi connectivity index (χ2v) is 7.40. The molecule has 0 saturated carbocycles. The molecule has 2 unspecified atom stereocenters. The third kappa shape index (κ3) is 4.06. The zero-order valence-electron chi connectivity index (χ0n) is 11.0. The number of nitrogens with one attached hydrogen (secondary N) is 1. The number of benzene rings is 1. The average molecular weight is 281 g/mol. The molecule has 0 aliphatic carbocycles. The van der Waals surface area contributed by atoms with Crippen LogP contribution < -0.4 is 5.32 Å². The van der Waals surface area contributed by atoms with E-state index in [0.29, 0.717) is 12.8 Å². The maximum Gasteiger partial charge on any atom is 0.220 e. The lowest BCUT2D eigenvalue weighted by atomic mass is 10.0. The van der Waals surface area contributed by atoms with Crippen molar-refractivity contribution < 1.29 is 13.2 Å². The molecular formula is C14H19NO3S. The number of hydrogen-bond acceptors (Lipinski definition) is 3. The van der Waals surface area contributed by atoms with Gasteiger partial charge in [-0.25, -0.2) is 8.42 Å². The Morgan fingerprint density at radius 2 is 2.05 bits per heavy atom. The van der Waals surface area contributed by atoms with Gasteiger partial charge in [0.1, 0.15) is 0 Å². The molecule has 2 rings (SSSR count). The normalized spacial score (nSPS) is 22.9. The van der Waals surface area contributed by atoms with Gasteiger partial charge in [-0.2, -0.15) is 0 Å². The Bertz CT molecular complexity index is 539. The monoisotopic (exact) mass is 281 g/mol. The third-order valence-corrected chi connectivity index (χ3v) is 5.31. The zero-order valence-corrected chi connectivity index (χ0v) is 11.8. The van der Waals surface area contributed by atoms with Crippen LogP contribution in [-0.2, 0) is 14.6 Å². The van der Waals surface area contributed by atoms with E-state index in [9.17, 15) is 13.2 Å². The molecule has 1 aliphatic heterocycles. The lowest BCUT2D eigenvalue weighted by molar-refractivity contribution is -0.122. The molecule has 1 aromatic carbocycles. The van der Waals surface area contributed by atoms with Crippen molar-refractivity contribution in [1.82, 2.24) is 5.32 Å². The predicted molar refractivity (Wildman–Crippen MR) is 74.4 cm³/mol. The highest BCUT2D eigenvalue weighted by atomic mass is 32.2. The van der Waals surface area contributed by atoms with Gasteiger partial charge in [-0.3, -0.25) is 4.79 Å². The molecule has 104 valence electrons. The summed E-state index contributed by atoms with van der Waals surface area (Å²) in [5.74, 6) is 0.283. The van der Waals surface area contributed by atoms with Crippen molar-refractivity contribution in [3.8, 4) is 0 Å². The van der Waals surface area contributed by atoms with Crippen molar-refractivity contribution in [2.24, 2.45) is 5.92 Å². The van der Waals surface area contributed by atoms with Crippen LogP contribution in [0.2, 0.25) is 0 Å². The standard InChI is InChI=1S/C14H19NO3S/c1-11(13-5-3-2-4-6-13)15-14(16)9-12-7-8-19(17,18)10-12/h2-6,11-12H,7-10H2,1H3,(H,15,16). The molecule has 1 aliphatic rings. The van der Waals surface area contributed by atoms with Gasteiger partial charge in [0.05, 0.1) is 17.5 Å². The van der Waals surface area contributed by atoms with Crippen molar-refractivity contribution >= 4 is 15.7 Å². The average Bonchev–Trinajstić information content (AvgIpc) is 2.69. The fraction of sp³-hybridized carbons (Fsp3) is 0.500. The molecule has 19 heavy (non-hydrogen) atoms. The van der Waals surface area contributed by atoms with Gasteiger partial charge >= 0.3 is 0 Å². The number of carbonyl (C=O) groups is 1. The first-order chi connectivity index (χ1) is 8.96. The van der Waals surface area contributed by atoms with Crippen LogP contribution in [0.5, 0.6) is 0 Å². The van der Waals surface area contributed by atoms with Gasteiger partial charge in [-0.1, -0.05) is 30.3 Å². The minimum atomic E-state index is -2.90. The fourth-order valence-electron chi connectivity index (χ4n) is 2.42. The summed E-state index contributed by atoms with van der Waals surface area (Å²) in [6.07, 6.45) is 0.909. The van der Waals surface area contributed by atoms with Crippen molar-refractivity contribution in [2.45, 2.75) is 25.8 Å². The smallest absolute Gasteiger partial charge is 0.220 e. The molecule has 1 heterocycles. The minimum Gasteiger partial charge on any atom is -0.350 e. The van der Waals surface area contributed by atoms with E-state index in [1.165, 1.54) is 0 Å². The summed E-state index contributed by atoms with van der Waals surface area (Å²) < 4.78 is 22.7. The van der Waals surface area contributed by atoms with Crippen LogP contribution >= 0.6 is 0 Å². The van der Waals surface area contributed by atoms with E-state index in [-0.39, 0.29) is 29.4 Å². The molecule has 1 N–H and O–H groups in total. The Balaban J connectivity index is 1.85. The van der Waals surface area contributed by atoms with Crippen LogP contribution in [0, 0.1) is 5.92 Å². The van der Waals surface area contributed by atoms with Crippen molar-refractivity contribution in [2.75, 3.05) is 11.5 Å². The van der Waals surface area contributed by atoms with Crippen molar-refractivity contribution in [3.05, 3.63) is 35.9 Å². The molecule has 0 aromatic heterocycles. The van der Waals surface area contributed by atoms with Gasteiger partial charge in [-0.05, 0) is 24.8 Å². The van der Waals surface area contributed by atoms with E-state index in [2.05, 4.69) is 5.32 Å². The fourth-order valence-corrected chi connectivity index (χ4v) is 4.28. The maximum atomic E-state index is 11.9. The number of rotatable bonds is 4. The molecule has 1 amide bonds. The first-order valence-corrected chi connectivity index (χ1v) is 8.33. The predicted octanol–water partition coefficient (Wildman–Crippen LogP) is 1.69. The quantitative estimate of drug-likeness (QED) is 0.913. The van der Waals surface area contributed by atoms with Crippen molar-refractivity contribution in [1.29, 1.82) is 0 Å². The summed E-state index contributed by atoms with van der Waals surface area (Å²) in [4.78, 5) is 11.9. The molecule has 1 fully saturated rings. The molecule has 1 saturated heterocycles. The van der Waals surface area contributed by atoms with Gasteiger partial charge in [0.2, 0.25) is 5.91 Å². The second-order valence-electron chi connectivity index (χ2n) is 5.17. The number of carbonyl (C=O) groups excluding carboxylic acids is 1. The third-order valence-electron chi connectivity index (χ3n) is 3.48. The van der Waals surface area contributed by atoms with Crippen LogP contribution in [-0.4, -0.2) is 25.8 Å². The number of hydrogen-bond donors (Lipinski definition) is 1. The lowest BCUT2D eigenvalue weighted by Gasteiger charge is -2.15. The highest BCUT2D eigenvalue weighted by molar-refractivity contribution is 7.91. The van der Waals surface area contributed by atoms with E-state index in [1.54, 1.807) is 0 Å². The van der Waals surface area contributed by atoms with Crippen molar-refractivity contribution in [3.63, 3.8) is 0 Å². The van der Waals surface area contributed by atoms with Gasteiger partial charge in [0, 0.05) is 6.42 Å². The Labute approximate surface area is 114 Å². The van der Waals surface area contributed by atoms with Crippen LogP contribution in [0.25, 0.3) is 0 Å². The Hall–Kier alpha value is -1.36. The first-order valence-electron chi connectivity index (χ1n) is 6.51. The van der Waals surface area contributed by atoms with E-state index in [4.69, 9.17) is 0 Å². The Kier molecular flexibility index (Phi) is 4.24. The number of amides is 1. The molecule has 5 heteroatoms. The van der Waals surface area contributed by atoms with E-state index >= 15 is 0 Å². The zero-order chi connectivity index (χ0) is 13.9. The largest absolute Gasteiger partial charge is 0.350 e. The molecule has 1 aromatic rings. The van der Waals surface area contributed by atoms with E-state index in [0.717, 1.165) is 5.56 Å². The molecule has 2 atom stereocenters. The highest BCUT2D eigenvalue weighted by Gasteiger charge is 2.29. The summed E-state index contributed by atoms with van der Waals surface area (Å²) in [5.41, 5.74) is 1.05. The maximum absolute atomic E-state index is 11.9. The first kappa shape index (κ1) is 14.1. The Morgan fingerprint density at radius 3 is 2.63 bits per heavy atom. The summed E-state index contributed by atoms with van der Waals surface area (Å²) in [5, 5.41) is 2.92. The van der Waals surface area contributed by atoms with E-state index in [1.807, 2.05) is 37.3 Å². The minimum absolute atomic E-state index is 0.0204. The van der Waals surface area contributed by atoms with Crippen LogP contribution in [0.15, 0.2) is 30.3 Å². The van der Waals surface area contributed by atoms with Gasteiger partial charge < -0.3 is 5.32 Å².